The molecular weight excluding hydrogens is 577 g/mol. The maximum absolute atomic E-state index is 14.0. The van der Waals surface area contributed by atoms with Crippen molar-refractivity contribution < 1.29 is 4.74 Å². The van der Waals surface area contributed by atoms with E-state index in [0.717, 1.165) is 32.2 Å². The lowest BCUT2D eigenvalue weighted by molar-refractivity contribution is 0.232. The van der Waals surface area contributed by atoms with Crippen LogP contribution in [0.5, 0.6) is 5.88 Å². The topological polar surface area (TPSA) is 99.2 Å². The summed E-state index contributed by atoms with van der Waals surface area (Å²) >= 11 is 7.87. The molecule has 41 heavy (non-hydrogen) atoms. The molecule has 0 spiro atoms. The number of rotatable bonds is 7. The number of halogens is 1. The number of thiazole rings is 1. The van der Waals surface area contributed by atoms with Crippen molar-refractivity contribution in [2.75, 3.05) is 12.4 Å². The second-order valence-corrected chi connectivity index (χ2v) is 11.8. The summed E-state index contributed by atoms with van der Waals surface area (Å²) in [5.74, 6) is 1.18. The Morgan fingerprint density at radius 2 is 1.90 bits per heavy atom. The van der Waals surface area contributed by atoms with Crippen LogP contribution < -0.4 is 20.9 Å². The number of pyridine rings is 2. The molecule has 1 unspecified atom stereocenters. The fraction of sp³-hybridized carbons (Fsp3) is 0.207. The van der Waals surface area contributed by atoms with Gasteiger partial charge in [0.05, 0.1) is 23.1 Å². The lowest BCUT2D eigenvalue weighted by Crippen LogP contribution is -2.21. The summed E-state index contributed by atoms with van der Waals surface area (Å²) in [4.78, 5) is 28.3. The van der Waals surface area contributed by atoms with E-state index >= 15 is 0 Å². The predicted molar refractivity (Wildman–Crippen MR) is 169 cm³/mol. The zero-order valence-corrected chi connectivity index (χ0v) is 25.5. The molecule has 1 N–H and O–H groups in total. The number of aromatic nitrogens is 6. The zero-order valence-electron chi connectivity index (χ0n) is 22.8. The van der Waals surface area contributed by atoms with E-state index < -0.39 is 0 Å². The molecule has 9 nitrogen and oxygen atoms in total. The summed E-state index contributed by atoms with van der Waals surface area (Å²) in [5, 5.41) is 12.1. The van der Waals surface area contributed by atoms with Gasteiger partial charge in [0.2, 0.25) is 5.88 Å². The number of hydrogen-bond donors (Lipinski definition) is 1. The van der Waals surface area contributed by atoms with E-state index in [9.17, 15) is 4.79 Å². The molecule has 0 saturated heterocycles. The SMILES string of the molecule is CNc1ncnc2c1c(-c1ccc(OC(C)C)nc1)nn2[C@@H](C)c1cc2scc(Cl)n2c(=O)c1-c1cccc(P)c1. The summed E-state index contributed by atoms with van der Waals surface area (Å²) in [5.41, 5.74) is 4.08. The summed E-state index contributed by atoms with van der Waals surface area (Å²) in [6.45, 7) is 5.93. The number of anilines is 1. The molecule has 2 atom stereocenters. The predicted octanol–water partition coefficient (Wildman–Crippen LogP) is 5.82. The second kappa shape index (κ2) is 10.9. The van der Waals surface area contributed by atoms with Gasteiger partial charge in [-0.25, -0.2) is 19.6 Å². The molecule has 5 aromatic heterocycles. The maximum atomic E-state index is 14.0. The van der Waals surface area contributed by atoms with Crippen molar-refractivity contribution in [3.8, 4) is 28.3 Å². The molecule has 0 aliphatic carbocycles. The lowest BCUT2D eigenvalue weighted by Gasteiger charge is -2.18. The highest BCUT2D eigenvalue weighted by Gasteiger charge is 2.26. The van der Waals surface area contributed by atoms with Crippen LogP contribution >= 0.6 is 32.2 Å². The van der Waals surface area contributed by atoms with Gasteiger partial charge in [0.15, 0.2) is 5.65 Å². The number of hydrogen-bond acceptors (Lipinski definition) is 8. The van der Waals surface area contributed by atoms with Gasteiger partial charge in [-0.2, -0.15) is 5.10 Å². The Hall–Kier alpha value is -3.85. The van der Waals surface area contributed by atoms with Crippen molar-refractivity contribution in [1.82, 2.24) is 29.1 Å². The first-order valence-electron chi connectivity index (χ1n) is 13.0. The van der Waals surface area contributed by atoms with Gasteiger partial charge < -0.3 is 10.1 Å². The van der Waals surface area contributed by atoms with Gasteiger partial charge >= 0.3 is 0 Å². The largest absolute Gasteiger partial charge is 0.475 e. The van der Waals surface area contributed by atoms with Crippen LogP contribution in [-0.2, 0) is 0 Å². The first kappa shape index (κ1) is 27.3. The number of nitrogens with one attached hydrogen (secondary N) is 1. The zero-order chi connectivity index (χ0) is 28.8. The molecule has 0 aliphatic rings. The molecule has 0 radical (unpaired) electrons. The average molecular weight is 604 g/mol. The molecule has 0 aliphatic heterocycles. The molecule has 1 aromatic carbocycles. The molecule has 6 rings (SSSR count). The number of fused-ring (bicyclic) bond motifs is 2. The summed E-state index contributed by atoms with van der Waals surface area (Å²) in [7, 11) is 4.51. The second-order valence-electron chi connectivity index (χ2n) is 9.83. The molecule has 0 bridgehead atoms. The van der Waals surface area contributed by atoms with Gasteiger partial charge in [0.25, 0.3) is 5.56 Å². The van der Waals surface area contributed by atoms with Crippen LogP contribution in [0.25, 0.3) is 38.2 Å². The standard InChI is InChI=1S/C29H27ClN7O2PS/c1-15(2)39-22-9-8-18(12-32-22)26-25-27(31-4)33-14-34-28(25)37(35-26)16(3)20-11-23-36(21(30)13-41-23)29(38)24(20)17-6-5-7-19(40)10-17/h5-16H,40H2,1-4H3,(H,31,33,34)/t16-/m0/s1. The van der Waals surface area contributed by atoms with Crippen LogP contribution in [0.1, 0.15) is 32.4 Å². The van der Waals surface area contributed by atoms with E-state index in [1.54, 1.807) is 16.0 Å². The molecule has 12 heteroatoms. The van der Waals surface area contributed by atoms with Crippen LogP contribution in [0, 0.1) is 0 Å². The monoisotopic (exact) mass is 603 g/mol. The van der Waals surface area contributed by atoms with Crippen LogP contribution in [0.2, 0.25) is 5.15 Å². The maximum Gasteiger partial charge on any atom is 0.265 e. The number of benzene rings is 1. The van der Waals surface area contributed by atoms with Crippen LogP contribution in [0.3, 0.4) is 0 Å². The molecule has 0 fully saturated rings. The highest BCUT2D eigenvalue weighted by Crippen LogP contribution is 2.37. The fourth-order valence-electron chi connectivity index (χ4n) is 4.97. The number of ether oxygens (including phenoxy) is 1. The minimum atomic E-state index is -0.371. The first-order valence-corrected chi connectivity index (χ1v) is 14.8. The lowest BCUT2D eigenvalue weighted by atomic mass is 9.97. The van der Waals surface area contributed by atoms with Gasteiger partial charge in [-0.05, 0) is 55.4 Å². The van der Waals surface area contributed by atoms with Crippen molar-refractivity contribution in [2.45, 2.75) is 32.9 Å². The summed E-state index contributed by atoms with van der Waals surface area (Å²) in [6, 6.07) is 13.2. The third kappa shape index (κ3) is 4.86. The number of nitrogens with zero attached hydrogens (tertiary/aromatic N) is 6. The van der Waals surface area contributed by atoms with E-state index in [4.69, 9.17) is 21.4 Å². The smallest absolute Gasteiger partial charge is 0.265 e. The van der Waals surface area contributed by atoms with Crippen molar-refractivity contribution >= 4 is 59.2 Å². The highest BCUT2D eigenvalue weighted by molar-refractivity contribution is 7.27. The van der Waals surface area contributed by atoms with E-state index in [-0.39, 0.29) is 17.7 Å². The Morgan fingerprint density at radius 1 is 1.07 bits per heavy atom. The van der Waals surface area contributed by atoms with Gasteiger partial charge in [-0.15, -0.1) is 20.6 Å². The first-order chi connectivity index (χ1) is 19.8. The molecule has 208 valence electrons. The van der Waals surface area contributed by atoms with Gasteiger partial charge in [-0.1, -0.05) is 29.8 Å². The average Bonchev–Trinajstić information content (AvgIpc) is 3.53. The minimum absolute atomic E-state index is 0.0133. The molecule has 5 heterocycles. The molecule has 6 aromatic rings. The molecule has 0 saturated carbocycles. The van der Waals surface area contributed by atoms with Gasteiger partial charge in [0.1, 0.15) is 27.8 Å². The minimum Gasteiger partial charge on any atom is -0.475 e. The van der Waals surface area contributed by atoms with Gasteiger partial charge in [0, 0.05) is 30.3 Å². The van der Waals surface area contributed by atoms with Crippen LogP contribution in [0.15, 0.2) is 65.2 Å². The quantitative estimate of drug-likeness (QED) is 0.230. The molecular formula is C29H27ClN7O2PS. The van der Waals surface area contributed by atoms with E-state index in [1.807, 2.05) is 75.0 Å². The van der Waals surface area contributed by atoms with E-state index in [1.165, 1.54) is 17.7 Å². The Bertz CT molecular complexity index is 1970. The Balaban J connectivity index is 1.59. The Labute approximate surface area is 247 Å². The third-order valence-corrected chi connectivity index (χ3v) is 8.43. The van der Waals surface area contributed by atoms with Crippen LogP contribution in [0.4, 0.5) is 5.82 Å². The van der Waals surface area contributed by atoms with E-state index in [2.05, 4.69) is 29.5 Å². The Morgan fingerprint density at radius 3 is 2.61 bits per heavy atom. The highest BCUT2D eigenvalue weighted by atomic mass is 35.5. The third-order valence-electron chi connectivity index (χ3n) is 6.78. The Kier molecular flexibility index (Phi) is 7.23. The van der Waals surface area contributed by atoms with Crippen LogP contribution in [-0.4, -0.2) is 42.3 Å². The summed E-state index contributed by atoms with van der Waals surface area (Å²) in [6.07, 6.45) is 3.26. The summed E-state index contributed by atoms with van der Waals surface area (Å²) < 4.78 is 9.13. The molecule has 0 amide bonds. The van der Waals surface area contributed by atoms with Crippen molar-refractivity contribution in [3.05, 3.63) is 81.4 Å². The fourth-order valence-corrected chi connectivity index (χ4v) is 6.42. The van der Waals surface area contributed by atoms with Crippen molar-refractivity contribution in [3.63, 3.8) is 0 Å². The van der Waals surface area contributed by atoms with Gasteiger partial charge in [-0.3, -0.25) is 9.20 Å². The normalized spacial score (nSPS) is 12.4. The van der Waals surface area contributed by atoms with Crippen molar-refractivity contribution in [2.24, 2.45) is 0 Å². The van der Waals surface area contributed by atoms with Crippen molar-refractivity contribution in [1.29, 1.82) is 0 Å². The van der Waals surface area contributed by atoms with E-state index in [0.29, 0.717) is 33.8 Å².